The second-order valence-corrected chi connectivity index (χ2v) is 7.47. The molecule has 0 atom stereocenters. The van der Waals surface area contributed by atoms with Gasteiger partial charge < -0.3 is 14.6 Å². The van der Waals surface area contributed by atoms with E-state index in [2.05, 4.69) is 0 Å². The summed E-state index contributed by atoms with van der Waals surface area (Å²) in [7, 11) is 1.53. The number of carbonyl (C=O) groups is 2. The summed E-state index contributed by atoms with van der Waals surface area (Å²) in [4.78, 5) is 26.1. The fourth-order valence-electron chi connectivity index (χ4n) is 2.50. The molecule has 1 saturated heterocycles. The van der Waals surface area contributed by atoms with Crippen molar-refractivity contribution in [3.05, 3.63) is 56.9 Å². The van der Waals surface area contributed by atoms with Crippen molar-refractivity contribution in [1.82, 2.24) is 4.90 Å². The Kier molecular flexibility index (Phi) is 6.39. The summed E-state index contributed by atoms with van der Waals surface area (Å²) in [6, 6.07) is 10.0. The second-order valence-electron chi connectivity index (χ2n) is 5.67. The number of aromatic hydroxyl groups is 1. The number of rotatable bonds is 6. The van der Waals surface area contributed by atoms with Crippen molar-refractivity contribution >= 4 is 52.2 Å². The van der Waals surface area contributed by atoms with Gasteiger partial charge in [0, 0.05) is 0 Å². The minimum Gasteiger partial charge on any atom is -0.505 e. The second kappa shape index (κ2) is 8.77. The first-order valence-corrected chi connectivity index (χ1v) is 9.67. The highest BCUT2D eigenvalue weighted by Gasteiger charge is 2.34. The molecule has 9 heteroatoms. The maximum atomic E-state index is 12.5. The van der Waals surface area contributed by atoms with Gasteiger partial charge in [0.1, 0.15) is 6.61 Å². The van der Waals surface area contributed by atoms with Gasteiger partial charge in [0.15, 0.2) is 17.2 Å². The molecule has 0 radical (unpaired) electrons. The van der Waals surface area contributed by atoms with Crippen LogP contribution in [0, 0.1) is 0 Å². The maximum absolute atomic E-state index is 12.5. The minimum absolute atomic E-state index is 0.0585. The number of hydrogen-bond donors (Lipinski definition) is 1. The first-order chi connectivity index (χ1) is 13.4. The zero-order valence-corrected chi connectivity index (χ0v) is 17.0. The average molecular weight is 440 g/mol. The van der Waals surface area contributed by atoms with E-state index in [1.807, 2.05) is 6.07 Å². The van der Waals surface area contributed by atoms with Gasteiger partial charge in [-0.3, -0.25) is 14.5 Å². The Morgan fingerprint density at radius 2 is 1.79 bits per heavy atom. The molecule has 1 heterocycles. The van der Waals surface area contributed by atoms with Gasteiger partial charge in [0.05, 0.1) is 28.6 Å². The van der Waals surface area contributed by atoms with Gasteiger partial charge in [-0.2, -0.15) is 0 Å². The van der Waals surface area contributed by atoms with Crippen LogP contribution >= 0.6 is 35.0 Å². The van der Waals surface area contributed by atoms with E-state index in [9.17, 15) is 14.7 Å². The lowest BCUT2D eigenvalue weighted by Gasteiger charge is -2.14. The molecule has 2 aromatic carbocycles. The number of para-hydroxylation sites is 2. The normalized spacial score (nSPS) is 15.4. The largest absolute Gasteiger partial charge is 0.505 e. The summed E-state index contributed by atoms with van der Waals surface area (Å²) in [6.45, 7) is 0.222. The van der Waals surface area contributed by atoms with E-state index in [0.717, 1.165) is 16.7 Å². The molecule has 2 aromatic rings. The predicted octanol–water partition coefficient (Wildman–Crippen LogP) is 4.82. The molecular weight excluding hydrogens is 425 g/mol. The Balaban J connectivity index is 1.68. The molecule has 146 valence electrons. The molecular formula is C19H15Cl2NO5S. The monoisotopic (exact) mass is 439 g/mol. The number of methoxy groups -OCH3 is 1. The highest BCUT2D eigenvalue weighted by Crippen LogP contribution is 2.36. The van der Waals surface area contributed by atoms with Crippen LogP contribution in [0.25, 0.3) is 6.08 Å². The highest BCUT2D eigenvalue weighted by molar-refractivity contribution is 8.18. The van der Waals surface area contributed by atoms with Crippen LogP contribution in [-0.4, -0.2) is 41.4 Å². The van der Waals surface area contributed by atoms with E-state index in [0.29, 0.717) is 17.1 Å². The third-order valence-electron chi connectivity index (χ3n) is 3.85. The Bertz CT molecular complexity index is 940. The van der Waals surface area contributed by atoms with Crippen LogP contribution in [0.2, 0.25) is 10.0 Å². The lowest BCUT2D eigenvalue weighted by molar-refractivity contribution is -0.123. The van der Waals surface area contributed by atoms with Crippen LogP contribution in [0.1, 0.15) is 5.56 Å². The number of thioether (sulfide) groups is 1. The highest BCUT2D eigenvalue weighted by atomic mass is 35.5. The SMILES string of the molecule is COc1ccccc1OCCN1C(=O)S/C(=C\c2cc(Cl)c(O)c(Cl)c2)C1=O. The van der Waals surface area contributed by atoms with Crippen LogP contribution in [0.4, 0.5) is 4.79 Å². The Labute approximate surface area is 175 Å². The lowest BCUT2D eigenvalue weighted by Crippen LogP contribution is -2.32. The van der Waals surface area contributed by atoms with E-state index in [1.54, 1.807) is 18.2 Å². The van der Waals surface area contributed by atoms with Crippen molar-refractivity contribution in [3.63, 3.8) is 0 Å². The van der Waals surface area contributed by atoms with E-state index in [1.165, 1.54) is 25.3 Å². The number of ether oxygens (including phenoxy) is 2. The van der Waals surface area contributed by atoms with Crippen molar-refractivity contribution in [2.24, 2.45) is 0 Å². The zero-order chi connectivity index (χ0) is 20.3. The van der Waals surface area contributed by atoms with Crippen molar-refractivity contribution in [1.29, 1.82) is 0 Å². The number of benzene rings is 2. The average Bonchev–Trinajstić information content (AvgIpc) is 2.93. The van der Waals surface area contributed by atoms with Crippen LogP contribution in [0.3, 0.4) is 0 Å². The number of amides is 2. The molecule has 2 amide bonds. The van der Waals surface area contributed by atoms with Crippen molar-refractivity contribution < 1.29 is 24.2 Å². The molecule has 3 rings (SSSR count). The van der Waals surface area contributed by atoms with Crippen molar-refractivity contribution in [2.75, 3.05) is 20.3 Å². The summed E-state index contributed by atoms with van der Waals surface area (Å²) in [5, 5.41) is 9.34. The van der Waals surface area contributed by atoms with E-state index >= 15 is 0 Å². The Hall–Kier alpha value is -2.35. The molecule has 0 aliphatic carbocycles. The van der Waals surface area contributed by atoms with Gasteiger partial charge in [0.2, 0.25) is 0 Å². The zero-order valence-electron chi connectivity index (χ0n) is 14.6. The molecule has 1 N–H and O–H groups in total. The molecule has 0 saturated carbocycles. The van der Waals surface area contributed by atoms with Crippen molar-refractivity contribution in [2.45, 2.75) is 0 Å². The van der Waals surface area contributed by atoms with Crippen molar-refractivity contribution in [3.8, 4) is 17.2 Å². The van der Waals surface area contributed by atoms with Gasteiger partial charge in [-0.25, -0.2) is 0 Å². The lowest BCUT2D eigenvalue weighted by atomic mass is 10.2. The van der Waals surface area contributed by atoms with Gasteiger partial charge in [-0.05, 0) is 47.7 Å². The fraction of sp³-hybridized carbons (Fsp3) is 0.158. The third-order valence-corrected chi connectivity index (χ3v) is 5.34. The molecule has 6 nitrogen and oxygen atoms in total. The Morgan fingerprint density at radius 3 is 2.43 bits per heavy atom. The Morgan fingerprint density at radius 1 is 1.14 bits per heavy atom. The van der Waals surface area contributed by atoms with E-state index in [4.69, 9.17) is 32.7 Å². The van der Waals surface area contributed by atoms with Gasteiger partial charge in [-0.1, -0.05) is 35.3 Å². The van der Waals surface area contributed by atoms with Gasteiger partial charge >= 0.3 is 0 Å². The first kappa shape index (κ1) is 20.4. The summed E-state index contributed by atoms with van der Waals surface area (Å²) in [6.07, 6.45) is 1.50. The molecule has 0 bridgehead atoms. The van der Waals surface area contributed by atoms with Crippen LogP contribution in [0.5, 0.6) is 17.2 Å². The van der Waals surface area contributed by atoms with Crippen LogP contribution in [0.15, 0.2) is 41.3 Å². The number of phenols is 1. The standard InChI is InChI=1S/C19H15Cl2NO5S/c1-26-14-4-2-3-5-15(14)27-7-6-22-18(24)16(28-19(22)25)10-11-8-12(20)17(23)13(21)9-11/h2-5,8-10,23H,6-7H2,1H3/b16-10-. The van der Waals surface area contributed by atoms with Crippen LogP contribution < -0.4 is 9.47 Å². The summed E-state index contributed by atoms with van der Waals surface area (Å²) in [5.74, 6) is 0.430. The molecule has 0 spiro atoms. The first-order valence-electron chi connectivity index (χ1n) is 8.10. The number of imide groups is 1. The fourth-order valence-corrected chi connectivity index (χ4v) is 3.87. The number of nitrogens with zero attached hydrogens (tertiary/aromatic N) is 1. The molecule has 28 heavy (non-hydrogen) atoms. The molecule has 0 aromatic heterocycles. The van der Waals surface area contributed by atoms with E-state index < -0.39 is 11.1 Å². The maximum Gasteiger partial charge on any atom is 0.293 e. The quantitative estimate of drug-likeness (QED) is 0.649. The predicted molar refractivity (Wildman–Crippen MR) is 109 cm³/mol. The third kappa shape index (κ3) is 4.38. The number of phenolic OH excluding ortho intramolecular Hbond substituents is 1. The van der Waals surface area contributed by atoms with Gasteiger partial charge in [0.25, 0.3) is 11.1 Å². The summed E-state index contributed by atoms with van der Waals surface area (Å²) >= 11 is 12.6. The number of carbonyl (C=O) groups excluding carboxylic acids is 2. The molecule has 0 unspecified atom stereocenters. The molecule has 1 aliphatic rings. The molecule has 1 aliphatic heterocycles. The smallest absolute Gasteiger partial charge is 0.293 e. The molecule has 1 fully saturated rings. The topological polar surface area (TPSA) is 76.1 Å². The minimum atomic E-state index is -0.432. The van der Waals surface area contributed by atoms with Crippen LogP contribution in [-0.2, 0) is 4.79 Å². The van der Waals surface area contributed by atoms with Gasteiger partial charge in [-0.15, -0.1) is 0 Å². The summed E-state index contributed by atoms with van der Waals surface area (Å²) < 4.78 is 10.8. The van der Waals surface area contributed by atoms with E-state index in [-0.39, 0.29) is 33.9 Å². The summed E-state index contributed by atoms with van der Waals surface area (Å²) in [5.41, 5.74) is 0.503. The number of halogens is 2. The number of hydrogen-bond acceptors (Lipinski definition) is 6.